The third-order valence-electron chi connectivity index (χ3n) is 3.65. The van der Waals surface area contributed by atoms with Gasteiger partial charge in [0.2, 0.25) is 0 Å². The van der Waals surface area contributed by atoms with E-state index in [1.807, 2.05) is 0 Å². The molecule has 2 aromatic rings. The summed E-state index contributed by atoms with van der Waals surface area (Å²) in [5.41, 5.74) is -2.93. The van der Waals surface area contributed by atoms with Crippen molar-refractivity contribution in [3.63, 3.8) is 0 Å². The monoisotopic (exact) mass is 379 g/mol. The molecule has 3 rings (SSSR count). The van der Waals surface area contributed by atoms with Gasteiger partial charge in [0.1, 0.15) is 0 Å². The Hall–Kier alpha value is -2.59. The molecule has 0 saturated carbocycles. The maximum atomic E-state index is 14.1. The highest BCUT2D eigenvalue weighted by molar-refractivity contribution is 5.95. The molecule has 2 aromatic heterocycles. The largest absolute Gasteiger partial charge is 0.462 e. The number of aromatic nitrogens is 2. The molecule has 0 radical (unpaired) electrons. The topological polar surface area (TPSA) is 55.3 Å². The molecule has 0 spiro atoms. The van der Waals surface area contributed by atoms with Crippen LogP contribution in [0.2, 0.25) is 0 Å². The van der Waals surface area contributed by atoms with Crippen LogP contribution >= 0.6 is 0 Å². The number of hydrogen-bond donors (Lipinski definition) is 0. The zero-order chi connectivity index (χ0) is 19.3. The summed E-state index contributed by atoms with van der Waals surface area (Å²) in [7, 11) is 0. The van der Waals surface area contributed by atoms with E-state index >= 15 is 0 Å². The van der Waals surface area contributed by atoms with E-state index in [2.05, 4.69) is 14.7 Å². The fourth-order valence-corrected chi connectivity index (χ4v) is 2.53. The van der Waals surface area contributed by atoms with Crippen LogP contribution < -0.4 is 4.90 Å². The van der Waals surface area contributed by atoms with E-state index < -0.39 is 59.7 Å². The maximum Gasteiger partial charge on any atom is 0.434 e. The lowest BCUT2D eigenvalue weighted by atomic mass is 10.1. The molecule has 11 heteroatoms. The first-order chi connectivity index (χ1) is 12.0. The lowest BCUT2D eigenvalue weighted by molar-refractivity contribution is -0.141. The predicted octanol–water partition coefficient (Wildman–Crippen LogP) is 3.42. The van der Waals surface area contributed by atoms with Gasteiger partial charge in [-0.05, 0) is 19.1 Å². The van der Waals surface area contributed by atoms with E-state index in [0.717, 1.165) is 17.0 Å². The van der Waals surface area contributed by atoms with Crippen LogP contribution in [0, 0.1) is 5.82 Å². The van der Waals surface area contributed by atoms with E-state index in [9.17, 15) is 31.1 Å². The van der Waals surface area contributed by atoms with Gasteiger partial charge in [-0.2, -0.15) is 13.2 Å². The van der Waals surface area contributed by atoms with E-state index in [-0.39, 0.29) is 12.0 Å². The molecule has 0 N–H and O–H groups in total. The SMILES string of the molecule is CCOC(=O)c1cc2cc(F)c(N3CC(F)(F)C3)nc2nc1C(F)(F)F. The molecular formula is C15H11F6N3O2. The maximum absolute atomic E-state index is 14.1. The Morgan fingerprint density at radius 3 is 2.46 bits per heavy atom. The molecule has 0 aliphatic carbocycles. The molecule has 0 bridgehead atoms. The van der Waals surface area contributed by atoms with Gasteiger partial charge in [-0.3, -0.25) is 0 Å². The zero-order valence-electron chi connectivity index (χ0n) is 13.2. The van der Waals surface area contributed by atoms with Crippen molar-refractivity contribution in [2.45, 2.75) is 19.0 Å². The molecule has 1 aliphatic heterocycles. The first-order valence-corrected chi connectivity index (χ1v) is 7.40. The Labute approximate surface area is 142 Å². The third kappa shape index (κ3) is 3.25. The van der Waals surface area contributed by atoms with E-state index in [0.29, 0.717) is 0 Å². The number of esters is 1. The Kier molecular flexibility index (Phi) is 4.20. The standard InChI is InChI=1S/C15H11F6N3O2/c1-2-26-13(25)8-3-7-4-9(16)12(24-5-14(17,18)6-24)23-11(7)22-10(8)15(19,20)21/h3-4H,2,5-6H2,1H3. The molecule has 26 heavy (non-hydrogen) atoms. The molecule has 1 saturated heterocycles. The number of anilines is 1. The number of alkyl halides is 5. The van der Waals surface area contributed by atoms with Crippen LogP contribution in [0.3, 0.4) is 0 Å². The van der Waals surface area contributed by atoms with E-state index in [4.69, 9.17) is 0 Å². The lowest BCUT2D eigenvalue weighted by Crippen LogP contribution is -2.57. The van der Waals surface area contributed by atoms with Crippen LogP contribution in [0.25, 0.3) is 11.0 Å². The summed E-state index contributed by atoms with van der Waals surface area (Å²) in [6.07, 6.45) is -4.99. The van der Waals surface area contributed by atoms with Crippen molar-refractivity contribution in [3.8, 4) is 0 Å². The van der Waals surface area contributed by atoms with Crippen molar-refractivity contribution in [3.05, 3.63) is 29.2 Å². The predicted molar refractivity (Wildman–Crippen MR) is 77.6 cm³/mol. The number of ether oxygens (including phenoxy) is 1. The second-order valence-corrected chi connectivity index (χ2v) is 5.66. The minimum absolute atomic E-state index is 0.164. The van der Waals surface area contributed by atoms with Crippen molar-refractivity contribution in [2.24, 2.45) is 0 Å². The normalized spacial score (nSPS) is 16.5. The van der Waals surface area contributed by atoms with Gasteiger partial charge in [-0.25, -0.2) is 27.9 Å². The number of pyridine rings is 2. The average Bonchev–Trinajstić information content (AvgIpc) is 2.50. The molecule has 0 amide bonds. The summed E-state index contributed by atoms with van der Waals surface area (Å²) in [6.45, 7) is -0.343. The molecule has 1 fully saturated rings. The first-order valence-electron chi connectivity index (χ1n) is 7.40. The van der Waals surface area contributed by atoms with Gasteiger partial charge < -0.3 is 9.64 Å². The smallest absolute Gasteiger partial charge is 0.434 e. The van der Waals surface area contributed by atoms with Crippen molar-refractivity contribution >= 4 is 22.8 Å². The molecule has 5 nitrogen and oxygen atoms in total. The fourth-order valence-electron chi connectivity index (χ4n) is 2.53. The average molecular weight is 379 g/mol. The van der Waals surface area contributed by atoms with Gasteiger partial charge in [-0.15, -0.1) is 0 Å². The quantitative estimate of drug-likeness (QED) is 0.604. The first kappa shape index (κ1) is 18.2. The highest BCUT2D eigenvalue weighted by Gasteiger charge is 2.45. The molecule has 0 atom stereocenters. The number of rotatable bonds is 3. The summed E-state index contributed by atoms with van der Waals surface area (Å²) >= 11 is 0. The number of carbonyl (C=O) groups is 1. The van der Waals surface area contributed by atoms with Crippen LogP contribution in [-0.4, -0.2) is 41.6 Å². The summed E-state index contributed by atoms with van der Waals surface area (Å²) in [5.74, 6) is -5.81. The minimum atomic E-state index is -4.99. The van der Waals surface area contributed by atoms with Gasteiger partial charge in [0.25, 0.3) is 5.92 Å². The van der Waals surface area contributed by atoms with Crippen LogP contribution in [0.1, 0.15) is 23.0 Å². The second kappa shape index (κ2) is 5.99. The zero-order valence-corrected chi connectivity index (χ0v) is 13.2. The summed E-state index contributed by atoms with van der Waals surface area (Å²) < 4.78 is 84.2. The van der Waals surface area contributed by atoms with Crippen molar-refractivity contribution in [1.82, 2.24) is 9.97 Å². The summed E-state index contributed by atoms with van der Waals surface area (Å²) in [5, 5.41) is -0.186. The number of carbonyl (C=O) groups excluding carboxylic acids is 1. The van der Waals surface area contributed by atoms with Crippen LogP contribution in [0.4, 0.5) is 32.2 Å². The molecule has 0 unspecified atom stereocenters. The Morgan fingerprint density at radius 1 is 1.27 bits per heavy atom. The fraction of sp³-hybridized carbons (Fsp3) is 0.400. The van der Waals surface area contributed by atoms with Gasteiger partial charge >= 0.3 is 12.1 Å². The van der Waals surface area contributed by atoms with Gasteiger partial charge in [0.05, 0.1) is 25.3 Å². The Morgan fingerprint density at radius 2 is 1.92 bits per heavy atom. The van der Waals surface area contributed by atoms with Crippen molar-refractivity contribution in [1.29, 1.82) is 0 Å². The molecule has 1 aliphatic rings. The number of hydrogen-bond acceptors (Lipinski definition) is 5. The van der Waals surface area contributed by atoms with Crippen molar-refractivity contribution < 1.29 is 35.9 Å². The van der Waals surface area contributed by atoms with Crippen LogP contribution in [-0.2, 0) is 10.9 Å². The van der Waals surface area contributed by atoms with Gasteiger partial charge in [0.15, 0.2) is 23.0 Å². The molecule has 0 aromatic carbocycles. The third-order valence-corrected chi connectivity index (χ3v) is 3.65. The van der Waals surface area contributed by atoms with Crippen LogP contribution in [0.15, 0.2) is 12.1 Å². The molecule has 3 heterocycles. The number of fused-ring (bicyclic) bond motifs is 1. The number of nitrogens with zero attached hydrogens (tertiary/aromatic N) is 3. The summed E-state index contributed by atoms with van der Waals surface area (Å²) in [6, 6.07) is 1.57. The van der Waals surface area contributed by atoms with Gasteiger partial charge in [-0.1, -0.05) is 0 Å². The molecular weight excluding hydrogens is 368 g/mol. The van der Waals surface area contributed by atoms with E-state index in [1.165, 1.54) is 6.92 Å². The lowest BCUT2D eigenvalue weighted by Gasteiger charge is -2.39. The Bertz CT molecular complexity index is 876. The highest BCUT2D eigenvalue weighted by Crippen LogP contribution is 2.35. The highest BCUT2D eigenvalue weighted by atomic mass is 19.4. The minimum Gasteiger partial charge on any atom is -0.462 e. The van der Waals surface area contributed by atoms with Gasteiger partial charge in [0, 0.05) is 5.39 Å². The summed E-state index contributed by atoms with van der Waals surface area (Å²) in [4.78, 5) is 19.6. The Balaban J connectivity index is 2.13. The van der Waals surface area contributed by atoms with Crippen molar-refractivity contribution in [2.75, 3.05) is 24.6 Å². The molecule has 140 valence electrons. The van der Waals surface area contributed by atoms with Crippen LogP contribution in [0.5, 0.6) is 0 Å². The second-order valence-electron chi connectivity index (χ2n) is 5.66. The number of halogens is 6. The van der Waals surface area contributed by atoms with E-state index in [1.54, 1.807) is 0 Å².